The van der Waals surface area contributed by atoms with Gasteiger partial charge in [0.05, 0.1) is 25.4 Å². The molecule has 4 heterocycles. The summed E-state index contributed by atoms with van der Waals surface area (Å²) in [5.74, 6) is 0.700. The van der Waals surface area contributed by atoms with Crippen LogP contribution in [0.25, 0.3) is 22.6 Å². The Labute approximate surface area is 178 Å². The average molecular weight is 444 g/mol. The third kappa shape index (κ3) is 4.19. The highest BCUT2D eigenvalue weighted by atomic mass is 19.4. The minimum absolute atomic E-state index is 0.0339. The highest BCUT2D eigenvalue weighted by Gasteiger charge is 2.31. The molecule has 0 aromatic carbocycles. The van der Waals surface area contributed by atoms with E-state index in [9.17, 15) is 18.0 Å². The summed E-state index contributed by atoms with van der Waals surface area (Å²) in [6.07, 6.45) is -0.167. The van der Waals surface area contributed by atoms with Gasteiger partial charge in [0, 0.05) is 41.9 Å². The van der Waals surface area contributed by atoms with E-state index in [2.05, 4.69) is 25.2 Å². The molecule has 164 valence electrons. The van der Waals surface area contributed by atoms with Crippen molar-refractivity contribution in [3.63, 3.8) is 0 Å². The summed E-state index contributed by atoms with van der Waals surface area (Å²) >= 11 is 0. The maximum Gasteiger partial charge on any atom is 0.419 e. The Kier molecular flexibility index (Phi) is 5.43. The molecule has 0 aliphatic heterocycles. The summed E-state index contributed by atoms with van der Waals surface area (Å²) < 4.78 is 49.7. The molecule has 4 aromatic heterocycles. The minimum Gasteiger partial charge on any atom is -0.481 e. The molecule has 0 saturated carbocycles. The molecule has 0 radical (unpaired) electrons. The van der Waals surface area contributed by atoms with Crippen LogP contribution in [0, 0.1) is 6.92 Å². The van der Waals surface area contributed by atoms with E-state index in [1.54, 1.807) is 25.3 Å². The smallest absolute Gasteiger partial charge is 0.419 e. The van der Waals surface area contributed by atoms with Crippen molar-refractivity contribution in [3.05, 3.63) is 70.2 Å². The van der Waals surface area contributed by atoms with Crippen molar-refractivity contribution in [2.75, 3.05) is 7.11 Å². The van der Waals surface area contributed by atoms with Gasteiger partial charge >= 0.3 is 6.18 Å². The topological polar surface area (TPSA) is 109 Å². The second-order valence-electron chi connectivity index (χ2n) is 6.69. The van der Waals surface area contributed by atoms with E-state index in [-0.39, 0.29) is 18.1 Å². The zero-order valence-electron chi connectivity index (χ0n) is 16.8. The van der Waals surface area contributed by atoms with Crippen molar-refractivity contribution in [1.29, 1.82) is 0 Å². The lowest BCUT2D eigenvalue weighted by Crippen LogP contribution is -2.23. The molecular weight excluding hydrogens is 429 g/mol. The first kappa shape index (κ1) is 21.2. The van der Waals surface area contributed by atoms with E-state index >= 15 is 0 Å². The first-order valence-electron chi connectivity index (χ1n) is 9.18. The van der Waals surface area contributed by atoms with Crippen molar-refractivity contribution in [1.82, 2.24) is 29.9 Å². The molecule has 9 nitrogen and oxygen atoms in total. The largest absolute Gasteiger partial charge is 0.481 e. The van der Waals surface area contributed by atoms with E-state index in [1.165, 1.54) is 24.1 Å². The van der Waals surface area contributed by atoms with Gasteiger partial charge in [-0.1, -0.05) is 5.16 Å². The minimum atomic E-state index is -4.56. The number of aromatic nitrogens is 6. The second kappa shape index (κ2) is 8.21. The van der Waals surface area contributed by atoms with Crippen molar-refractivity contribution in [2.24, 2.45) is 0 Å². The standard InChI is InChI=1S/C20H15F3N6O3/c1-11-15(18(28-32-11)19-25-8-14(9-26-19)20(21,22)23)10-29-17(30)6-13(7-27-29)12-3-4-24-16(5-12)31-2/h3-9H,10H2,1-2H3. The van der Waals surface area contributed by atoms with Crippen LogP contribution in [-0.2, 0) is 12.7 Å². The molecule has 4 rings (SSSR count). The highest BCUT2D eigenvalue weighted by Crippen LogP contribution is 2.29. The van der Waals surface area contributed by atoms with Crippen LogP contribution in [0.4, 0.5) is 13.2 Å². The van der Waals surface area contributed by atoms with Gasteiger partial charge < -0.3 is 9.26 Å². The lowest BCUT2D eigenvalue weighted by atomic mass is 10.1. The number of methoxy groups -OCH3 is 1. The lowest BCUT2D eigenvalue weighted by molar-refractivity contribution is -0.138. The number of hydrogen-bond acceptors (Lipinski definition) is 8. The highest BCUT2D eigenvalue weighted by molar-refractivity contribution is 5.62. The van der Waals surface area contributed by atoms with Gasteiger partial charge in [-0.05, 0) is 18.6 Å². The van der Waals surface area contributed by atoms with Gasteiger partial charge in [-0.2, -0.15) is 18.3 Å². The number of halogens is 3. The number of ether oxygens (including phenoxy) is 1. The van der Waals surface area contributed by atoms with Gasteiger partial charge in [0.2, 0.25) is 5.88 Å². The predicted octanol–water partition coefficient (Wildman–Crippen LogP) is 3.13. The molecule has 0 atom stereocenters. The Morgan fingerprint density at radius 3 is 2.50 bits per heavy atom. The van der Waals surface area contributed by atoms with Gasteiger partial charge in [-0.15, -0.1) is 0 Å². The summed E-state index contributed by atoms with van der Waals surface area (Å²) in [4.78, 5) is 24.2. The zero-order chi connectivity index (χ0) is 22.9. The fourth-order valence-electron chi connectivity index (χ4n) is 2.91. The van der Waals surface area contributed by atoms with Crippen LogP contribution in [0.1, 0.15) is 16.9 Å². The van der Waals surface area contributed by atoms with Crippen molar-refractivity contribution >= 4 is 0 Å². The molecule has 0 N–H and O–H groups in total. The normalized spacial score (nSPS) is 11.5. The molecule has 0 spiro atoms. The van der Waals surface area contributed by atoms with Crippen molar-refractivity contribution < 1.29 is 22.4 Å². The molecular formula is C20H15F3N6O3. The predicted molar refractivity (Wildman–Crippen MR) is 105 cm³/mol. The van der Waals surface area contributed by atoms with E-state index in [0.717, 1.165) is 0 Å². The lowest BCUT2D eigenvalue weighted by Gasteiger charge is -2.08. The monoisotopic (exact) mass is 444 g/mol. The molecule has 32 heavy (non-hydrogen) atoms. The van der Waals surface area contributed by atoms with E-state index in [0.29, 0.717) is 40.7 Å². The number of rotatable bonds is 5. The summed E-state index contributed by atoms with van der Waals surface area (Å²) in [6, 6.07) is 4.79. The molecule has 12 heteroatoms. The summed E-state index contributed by atoms with van der Waals surface area (Å²) in [5, 5.41) is 8.03. The van der Waals surface area contributed by atoms with Crippen molar-refractivity contribution in [3.8, 4) is 28.5 Å². The molecule has 0 aliphatic rings. The number of alkyl halides is 3. The van der Waals surface area contributed by atoms with Gasteiger partial charge in [0.15, 0.2) is 11.5 Å². The van der Waals surface area contributed by atoms with Crippen molar-refractivity contribution in [2.45, 2.75) is 19.6 Å². The Morgan fingerprint density at radius 2 is 1.84 bits per heavy atom. The number of aryl methyl sites for hydroxylation is 1. The van der Waals surface area contributed by atoms with E-state index in [1.807, 2.05) is 0 Å². The maximum absolute atomic E-state index is 12.8. The first-order chi connectivity index (χ1) is 15.3. The molecule has 0 amide bonds. The summed E-state index contributed by atoms with van der Waals surface area (Å²) in [7, 11) is 1.49. The van der Waals surface area contributed by atoms with Crippen LogP contribution in [-0.4, -0.2) is 37.0 Å². The molecule has 0 saturated heterocycles. The van der Waals surface area contributed by atoms with Crippen LogP contribution in [0.5, 0.6) is 5.88 Å². The first-order valence-corrected chi connectivity index (χ1v) is 9.18. The van der Waals surface area contributed by atoms with Gasteiger partial charge in [0.1, 0.15) is 5.76 Å². The number of nitrogens with zero attached hydrogens (tertiary/aromatic N) is 6. The zero-order valence-corrected chi connectivity index (χ0v) is 16.8. The maximum atomic E-state index is 12.8. The third-order valence-corrected chi connectivity index (χ3v) is 4.63. The van der Waals surface area contributed by atoms with Crippen LogP contribution >= 0.6 is 0 Å². The van der Waals surface area contributed by atoms with Gasteiger partial charge in [-0.25, -0.2) is 19.6 Å². The summed E-state index contributed by atoms with van der Waals surface area (Å²) in [5.41, 5.74) is 0.446. The van der Waals surface area contributed by atoms with Crippen LogP contribution in [0.3, 0.4) is 0 Å². The molecule has 0 bridgehead atoms. The fourth-order valence-corrected chi connectivity index (χ4v) is 2.91. The van der Waals surface area contributed by atoms with Crippen LogP contribution in [0.15, 0.2) is 52.3 Å². The van der Waals surface area contributed by atoms with Crippen LogP contribution in [0.2, 0.25) is 0 Å². The third-order valence-electron chi connectivity index (χ3n) is 4.63. The molecule has 0 unspecified atom stereocenters. The molecule has 0 fully saturated rings. The quantitative estimate of drug-likeness (QED) is 0.462. The Bertz CT molecular complexity index is 1320. The molecule has 0 aliphatic carbocycles. The Balaban J connectivity index is 1.64. The Hall–Kier alpha value is -4.09. The average Bonchev–Trinajstić information content (AvgIpc) is 3.14. The number of pyridine rings is 1. The van der Waals surface area contributed by atoms with E-state index in [4.69, 9.17) is 9.26 Å². The van der Waals surface area contributed by atoms with Crippen LogP contribution < -0.4 is 10.3 Å². The summed E-state index contributed by atoms with van der Waals surface area (Å²) in [6.45, 7) is 1.58. The van der Waals surface area contributed by atoms with E-state index < -0.39 is 17.3 Å². The number of hydrogen-bond donors (Lipinski definition) is 0. The second-order valence-corrected chi connectivity index (χ2v) is 6.69. The van der Waals surface area contributed by atoms with Gasteiger partial charge in [0.25, 0.3) is 5.56 Å². The Morgan fingerprint density at radius 1 is 1.09 bits per heavy atom. The molecule has 4 aromatic rings. The fraction of sp³-hybridized carbons (Fsp3) is 0.200. The SMILES string of the molecule is COc1cc(-c2cnn(Cc3c(-c4ncc(C(F)(F)F)cn4)noc3C)c(=O)c2)ccn1. The van der Waals surface area contributed by atoms with Gasteiger partial charge in [-0.3, -0.25) is 4.79 Å².